The van der Waals surface area contributed by atoms with E-state index in [4.69, 9.17) is 9.84 Å². The van der Waals surface area contributed by atoms with Gasteiger partial charge in [0.25, 0.3) is 0 Å². The van der Waals surface area contributed by atoms with E-state index in [1.54, 1.807) is 6.07 Å². The van der Waals surface area contributed by atoms with E-state index in [9.17, 15) is 4.39 Å². The summed E-state index contributed by atoms with van der Waals surface area (Å²) in [6.07, 6.45) is 0. The maximum Gasteiger partial charge on any atom is 0.124 e. The second-order valence-electron chi connectivity index (χ2n) is 4.79. The first-order chi connectivity index (χ1) is 10.1. The summed E-state index contributed by atoms with van der Waals surface area (Å²) in [6.45, 7) is 4.04. The fourth-order valence-corrected chi connectivity index (χ4v) is 1.99. The van der Waals surface area contributed by atoms with Crippen LogP contribution < -0.4 is 4.74 Å². The predicted molar refractivity (Wildman–Crippen MR) is 80.6 cm³/mol. The standard InChI is InChI=1S/C18H17FO2/c1-13-5-3-7-18(14(13)2)21-12-16-9-15(6-4-8-20)10-17(19)11-16/h3,5,7,9-11,20H,8,12H2,1-2H3. The smallest absolute Gasteiger partial charge is 0.124 e. The van der Waals surface area contributed by atoms with Crippen LogP contribution in [0.4, 0.5) is 4.39 Å². The molecule has 0 saturated carbocycles. The fourth-order valence-electron chi connectivity index (χ4n) is 1.99. The van der Waals surface area contributed by atoms with Crippen LogP contribution in [0, 0.1) is 31.5 Å². The van der Waals surface area contributed by atoms with Crippen molar-refractivity contribution in [2.24, 2.45) is 0 Å². The minimum Gasteiger partial charge on any atom is -0.489 e. The van der Waals surface area contributed by atoms with Crippen molar-refractivity contribution < 1.29 is 14.2 Å². The molecule has 0 spiro atoms. The van der Waals surface area contributed by atoms with Gasteiger partial charge in [0.15, 0.2) is 0 Å². The Morgan fingerprint density at radius 3 is 2.76 bits per heavy atom. The number of rotatable bonds is 3. The molecule has 0 radical (unpaired) electrons. The Balaban J connectivity index is 2.16. The topological polar surface area (TPSA) is 29.5 Å². The molecule has 0 fully saturated rings. The van der Waals surface area contributed by atoms with Crippen LogP contribution in [0.5, 0.6) is 5.75 Å². The van der Waals surface area contributed by atoms with Crippen molar-refractivity contribution in [3.63, 3.8) is 0 Å². The highest BCUT2D eigenvalue weighted by Crippen LogP contribution is 2.22. The average Bonchev–Trinajstić information content (AvgIpc) is 2.46. The van der Waals surface area contributed by atoms with Crippen LogP contribution in [0.25, 0.3) is 0 Å². The minimum absolute atomic E-state index is 0.245. The Bertz CT molecular complexity index is 696. The largest absolute Gasteiger partial charge is 0.489 e. The lowest BCUT2D eigenvalue weighted by Gasteiger charge is -2.11. The lowest BCUT2D eigenvalue weighted by Crippen LogP contribution is -1.99. The maximum atomic E-state index is 13.5. The number of halogens is 1. The van der Waals surface area contributed by atoms with Gasteiger partial charge < -0.3 is 9.84 Å². The molecule has 0 atom stereocenters. The van der Waals surface area contributed by atoms with Gasteiger partial charge in [0.2, 0.25) is 0 Å². The van der Waals surface area contributed by atoms with E-state index in [2.05, 4.69) is 11.8 Å². The molecule has 0 saturated heterocycles. The molecule has 0 bridgehead atoms. The van der Waals surface area contributed by atoms with Crippen molar-refractivity contribution in [2.75, 3.05) is 6.61 Å². The quantitative estimate of drug-likeness (QED) is 0.876. The first kappa shape index (κ1) is 15.1. The van der Waals surface area contributed by atoms with Gasteiger partial charge in [-0.2, -0.15) is 0 Å². The maximum absolute atomic E-state index is 13.5. The minimum atomic E-state index is -0.362. The third-order valence-electron chi connectivity index (χ3n) is 3.22. The summed E-state index contributed by atoms with van der Waals surface area (Å²) in [6, 6.07) is 10.4. The highest BCUT2D eigenvalue weighted by Gasteiger charge is 2.04. The Morgan fingerprint density at radius 1 is 1.19 bits per heavy atom. The molecule has 1 N–H and O–H groups in total. The van der Waals surface area contributed by atoms with Crippen molar-refractivity contribution in [1.29, 1.82) is 0 Å². The van der Waals surface area contributed by atoms with Crippen LogP contribution in [0.15, 0.2) is 36.4 Å². The molecule has 21 heavy (non-hydrogen) atoms. The molecule has 2 rings (SSSR count). The molecule has 108 valence electrons. The van der Waals surface area contributed by atoms with Gasteiger partial charge in [-0.25, -0.2) is 4.39 Å². The molecule has 0 unspecified atom stereocenters. The molecular weight excluding hydrogens is 267 g/mol. The third-order valence-corrected chi connectivity index (χ3v) is 3.22. The number of aliphatic hydroxyl groups excluding tert-OH is 1. The van der Waals surface area contributed by atoms with Crippen LogP contribution in [-0.2, 0) is 6.61 Å². The summed E-state index contributed by atoms with van der Waals surface area (Å²) in [7, 11) is 0. The summed E-state index contributed by atoms with van der Waals surface area (Å²) < 4.78 is 19.3. The van der Waals surface area contributed by atoms with Gasteiger partial charge in [-0.3, -0.25) is 0 Å². The van der Waals surface area contributed by atoms with Gasteiger partial charge in [-0.05, 0) is 54.8 Å². The number of hydrogen-bond donors (Lipinski definition) is 1. The molecular formula is C18H17FO2. The molecule has 2 aromatic rings. The van der Waals surface area contributed by atoms with Gasteiger partial charge in [-0.15, -0.1) is 0 Å². The molecule has 0 amide bonds. The number of aryl methyl sites for hydroxylation is 1. The van der Waals surface area contributed by atoms with Crippen molar-refractivity contribution in [1.82, 2.24) is 0 Å². The number of benzene rings is 2. The van der Waals surface area contributed by atoms with E-state index < -0.39 is 0 Å². The van der Waals surface area contributed by atoms with Gasteiger partial charge in [0.05, 0.1) is 0 Å². The third kappa shape index (κ3) is 4.08. The van der Waals surface area contributed by atoms with E-state index in [1.807, 2.05) is 32.0 Å². The van der Waals surface area contributed by atoms with E-state index in [1.165, 1.54) is 12.1 Å². The van der Waals surface area contributed by atoms with Crippen molar-refractivity contribution in [2.45, 2.75) is 20.5 Å². The Hall–Kier alpha value is -2.31. The molecule has 2 nitrogen and oxygen atoms in total. The van der Waals surface area contributed by atoms with E-state index in [0.717, 1.165) is 16.9 Å². The highest BCUT2D eigenvalue weighted by atomic mass is 19.1. The predicted octanol–water partition coefficient (Wildman–Crippen LogP) is 3.37. The number of ether oxygens (including phenoxy) is 1. The molecule has 2 aromatic carbocycles. The van der Waals surface area contributed by atoms with Gasteiger partial charge in [-0.1, -0.05) is 24.0 Å². The molecule has 0 heterocycles. The number of hydrogen-bond acceptors (Lipinski definition) is 2. The van der Waals surface area contributed by atoms with Crippen molar-refractivity contribution >= 4 is 0 Å². The first-order valence-corrected chi connectivity index (χ1v) is 6.68. The van der Waals surface area contributed by atoms with Crippen LogP contribution in [-0.4, -0.2) is 11.7 Å². The zero-order valence-electron chi connectivity index (χ0n) is 12.1. The Morgan fingerprint density at radius 2 is 2.00 bits per heavy atom. The monoisotopic (exact) mass is 284 g/mol. The van der Waals surface area contributed by atoms with E-state index in [-0.39, 0.29) is 19.0 Å². The summed E-state index contributed by atoms with van der Waals surface area (Å²) in [5, 5.41) is 8.68. The van der Waals surface area contributed by atoms with Crippen LogP contribution >= 0.6 is 0 Å². The van der Waals surface area contributed by atoms with Gasteiger partial charge in [0, 0.05) is 5.56 Å². The molecule has 3 heteroatoms. The van der Waals surface area contributed by atoms with E-state index in [0.29, 0.717) is 11.1 Å². The summed E-state index contributed by atoms with van der Waals surface area (Å²) in [4.78, 5) is 0. The molecule has 0 aliphatic heterocycles. The lowest BCUT2D eigenvalue weighted by molar-refractivity contribution is 0.303. The number of aliphatic hydroxyl groups is 1. The highest BCUT2D eigenvalue weighted by molar-refractivity contribution is 5.40. The molecule has 0 aliphatic carbocycles. The average molecular weight is 284 g/mol. The Kier molecular flexibility index (Phi) is 4.97. The zero-order valence-corrected chi connectivity index (χ0v) is 12.1. The van der Waals surface area contributed by atoms with Crippen LogP contribution in [0.2, 0.25) is 0 Å². The lowest BCUT2D eigenvalue weighted by atomic mass is 10.1. The van der Waals surface area contributed by atoms with Crippen molar-refractivity contribution in [3.05, 3.63) is 64.5 Å². The van der Waals surface area contributed by atoms with Crippen molar-refractivity contribution in [3.8, 4) is 17.6 Å². The zero-order chi connectivity index (χ0) is 15.2. The Labute approximate surface area is 124 Å². The first-order valence-electron chi connectivity index (χ1n) is 6.68. The molecule has 0 aliphatic rings. The van der Waals surface area contributed by atoms with Gasteiger partial charge >= 0.3 is 0 Å². The van der Waals surface area contributed by atoms with Crippen LogP contribution in [0.3, 0.4) is 0 Å². The van der Waals surface area contributed by atoms with Crippen LogP contribution in [0.1, 0.15) is 22.3 Å². The summed E-state index contributed by atoms with van der Waals surface area (Å²) in [5.41, 5.74) is 3.47. The molecule has 0 aromatic heterocycles. The second-order valence-corrected chi connectivity index (χ2v) is 4.79. The second kappa shape index (κ2) is 6.92. The summed E-state index contributed by atoms with van der Waals surface area (Å²) >= 11 is 0. The fraction of sp³-hybridized carbons (Fsp3) is 0.222. The SMILES string of the molecule is Cc1cccc(OCc2cc(F)cc(C#CCO)c2)c1C. The summed E-state index contributed by atoms with van der Waals surface area (Å²) in [5.74, 6) is 5.64. The van der Waals surface area contributed by atoms with Gasteiger partial charge in [0.1, 0.15) is 24.8 Å². The normalized spacial score (nSPS) is 9.90. The van der Waals surface area contributed by atoms with E-state index >= 15 is 0 Å².